The Morgan fingerprint density at radius 3 is 2.57 bits per heavy atom. The molecule has 0 N–H and O–H groups in total. The summed E-state index contributed by atoms with van der Waals surface area (Å²) in [5.74, 6) is 2.23. The van der Waals surface area contributed by atoms with Crippen molar-refractivity contribution in [3.05, 3.63) is 0 Å². The molecule has 0 aromatic carbocycles. The Morgan fingerprint density at radius 1 is 1.86 bits per heavy atom. The quantitative estimate of drug-likeness (QED) is 0.354. The van der Waals surface area contributed by atoms with Crippen molar-refractivity contribution in [2.75, 3.05) is 0 Å². The molecule has 0 heterocycles. The first kappa shape index (κ1) is 6.47. The minimum Gasteiger partial charge on any atom is -0.739 e. The highest BCUT2D eigenvalue weighted by Crippen LogP contribution is 1.70. The third-order valence-corrected chi connectivity index (χ3v) is 0.431. The van der Waals surface area contributed by atoms with Gasteiger partial charge in [-0.25, -0.2) is 4.21 Å². The Balaban J connectivity index is 3.26. The maximum Gasteiger partial charge on any atom is 0.151 e. The molecule has 1 unspecified atom stereocenters. The van der Waals surface area contributed by atoms with Crippen molar-refractivity contribution < 1.29 is 12.9 Å². The molecule has 0 bridgehead atoms. The zero-order chi connectivity index (χ0) is 5.70. The molecular weight excluding hydrogens is 116 g/mol. The fourth-order valence-electron chi connectivity index (χ4n) is 0.0757. The second-order valence-corrected chi connectivity index (χ2v) is 1.21. The van der Waals surface area contributed by atoms with Crippen molar-refractivity contribution >= 4 is 11.4 Å². The zero-order valence-electron chi connectivity index (χ0n) is 3.63. The van der Waals surface area contributed by atoms with Gasteiger partial charge in [-0.1, -0.05) is 5.92 Å². The van der Waals surface area contributed by atoms with Gasteiger partial charge in [0, 0.05) is 6.92 Å². The van der Waals surface area contributed by atoms with Crippen LogP contribution in [-0.4, -0.2) is 8.76 Å². The molecule has 0 spiro atoms. The van der Waals surface area contributed by atoms with E-state index in [0.717, 1.165) is 0 Å². The lowest BCUT2D eigenvalue weighted by Gasteiger charge is -1.94. The average Bonchev–Trinajstić information content (AvgIpc) is 1.61. The van der Waals surface area contributed by atoms with Gasteiger partial charge in [-0.05, 0) is 0 Å². The molecule has 0 fully saturated rings. The largest absolute Gasteiger partial charge is 0.739 e. The molecule has 7 heavy (non-hydrogen) atoms. The average molecular weight is 119 g/mol. The Hall–Kier alpha value is -0.530. The summed E-state index contributed by atoms with van der Waals surface area (Å²) in [7, 11) is 0. The monoisotopic (exact) mass is 119 g/mol. The van der Waals surface area contributed by atoms with E-state index in [0.29, 0.717) is 0 Å². The summed E-state index contributed by atoms with van der Waals surface area (Å²) in [4.78, 5) is 0. The van der Waals surface area contributed by atoms with E-state index in [1.54, 1.807) is 0 Å². The smallest absolute Gasteiger partial charge is 0.151 e. The maximum atomic E-state index is 9.43. The van der Waals surface area contributed by atoms with Gasteiger partial charge in [0.15, 0.2) is 11.4 Å². The number of hydrogen-bond donors (Lipinski definition) is 0. The fraction of sp³-hybridized carbons (Fsp3) is 0.333. The van der Waals surface area contributed by atoms with E-state index >= 15 is 0 Å². The van der Waals surface area contributed by atoms with Crippen molar-refractivity contribution in [3.63, 3.8) is 0 Å². The van der Waals surface area contributed by atoms with Crippen LogP contribution >= 0.6 is 0 Å². The Morgan fingerprint density at radius 2 is 2.43 bits per heavy atom. The highest BCUT2D eigenvalue weighted by atomic mass is 32.2. The molecule has 0 aromatic heterocycles. The lowest BCUT2D eigenvalue weighted by molar-refractivity contribution is 0.423. The van der Waals surface area contributed by atoms with Crippen LogP contribution in [0.25, 0.3) is 0 Å². The van der Waals surface area contributed by atoms with Crippen molar-refractivity contribution in [3.8, 4) is 12.0 Å². The van der Waals surface area contributed by atoms with Gasteiger partial charge < -0.3 is 8.74 Å². The molecule has 0 saturated carbocycles. The maximum absolute atomic E-state index is 9.43. The predicted octanol–water partition coefficient (Wildman–Crippen LogP) is -0.222. The van der Waals surface area contributed by atoms with Crippen LogP contribution in [0.5, 0.6) is 0 Å². The lowest BCUT2D eigenvalue weighted by atomic mass is 10.8. The molecule has 0 saturated heterocycles. The molecule has 0 aliphatic carbocycles. The van der Waals surface area contributed by atoms with E-state index < -0.39 is 11.4 Å². The summed E-state index contributed by atoms with van der Waals surface area (Å²) >= 11 is -2.49. The normalized spacial score (nSPS) is 11.1. The van der Waals surface area contributed by atoms with Crippen LogP contribution in [0.1, 0.15) is 6.92 Å². The van der Waals surface area contributed by atoms with Crippen LogP contribution in [0.15, 0.2) is 0 Å². The van der Waals surface area contributed by atoms with Gasteiger partial charge in [0.2, 0.25) is 0 Å². The molecule has 0 rings (SSSR count). The van der Waals surface area contributed by atoms with Crippen molar-refractivity contribution in [1.29, 1.82) is 0 Å². The molecule has 0 aromatic rings. The summed E-state index contributed by atoms with van der Waals surface area (Å²) in [6.45, 7) is 1.48. The summed E-state index contributed by atoms with van der Waals surface area (Å²) in [5.41, 5.74) is 0. The van der Waals surface area contributed by atoms with E-state index in [1.807, 2.05) is 6.11 Å². The molecular formula is C3H3O3S-. The summed E-state index contributed by atoms with van der Waals surface area (Å²) in [5, 5.41) is 0. The van der Waals surface area contributed by atoms with Gasteiger partial charge in [-0.15, -0.1) is 0 Å². The van der Waals surface area contributed by atoms with Crippen LogP contribution in [0, 0.1) is 12.0 Å². The van der Waals surface area contributed by atoms with E-state index in [4.69, 9.17) is 0 Å². The van der Waals surface area contributed by atoms with Gasteiger partial charge in [0.1, 0.15) is 6.11 Å². The van der Waals surface area contributed by atoms with Crippen molar-refractivity contribution in [2.24, 2.45) is 0 Å². The Bertz CT molecular complexity index is 120. The topological polar surface area (TPSA) is 49.4 Å². The third-order valence-electron chi connectivity index (χ3n) is 0.212. The van der Waals surface area contributed by atoms with Crippen LogP contribution in [0.4, 0.5) is 0 Å². The summed E-state index contributed by atoms with van der Waals surface area (Å²) in [6.07, 6.45) is 1.89. The predicted molar refractivity (Wildman–Crippen MR) is 23.5 cm³/mol. The van der Waals surface area contributed by atoms with Crippen LogP contribution < -0.4 is 0 Å². The van der Waals surface area contributed by atoms with Gasteiger partial charge >= 0.3 is 0 Å². The standard InChI is InChI=1S/C3H4O3S/c1-2-3-6-7(4)5/h1H3,(H,4,5)/p-1. The number of rotatable bonds is 1. The molecule has 3 nitrogen and oxygen atoms in total. The zero-order valence-corrected chi connectivity index (χ0v) is 4.45. The first-order valence-corrected chi connectivity index (χ1v) is 2.45. The molecule has 4 heteroatoms. The summed E-state index contributed by atoms with van der Waals surface area (Å²) in [6, 6.07) is 0. The van der Waals surface area contributed by atoms with E-state index in [-0.39, 0.29) is 0 Å². The second kappa shape index (κ2) is 3.65. The van der Waals surface area contributed by atoms with Crippen LogP contribution in [-0.2, 0) is 15.5 Å². The van der Waals surface area contributed by atoms with E-state index in [9.17, 15) is 8.76 Å². The van der Waals surface area contributed by atoms with Gasteiger partial charge in [-0.2, -0.15) is 0 Å². The SMILES string of the molecule is CC#COS(=O)[O-]. The molecule has 40 valence electrons. The minimum atomic E-state index is -2.49. The highest BCUT2D eigenvalue weighted by molar-refractivity contribution is 7.74. The second-order valence-electron chi connectivity index (χ2n) is 0.640. The van der Waals surface area contributed by atoms with Crippen LogP contribution in [0.2, 0.25) is 0 Å². The van der Waals surface area contributed by atoms with Gasteiger partial charge in [-0.3, -0.25) is 0 Å². The fourth-order valence-corrected chi connectivity index (χ4v) is 0.227. The first-order valence-electron chi connectivity index (χ1n) is 1.45. The molecule has 0 aliphatic rings. The molecule has 0 amide bonds. The van der Waals surface area contributed by atoms with Crippen LogP contribution in [0.3, 0.4) is 0 Å². The summed E-state index contributed by atoms with van der Waals surface area (Å²) < 4.78 is 22.6. The van der Waals surface area contributed by atoms with Gasteiger partial charge in [0.25, 0.3) is 0 Å². The van der Waals surface area contributed by atoms with E-state index in [1.165, 1.54) is 6.92 Å². The van der Waals surface area contributed by atoms with E-state index in [2.05, 4.69) is 10.1 Å². The molecule has 1 atom stereocenters. The van der Waals surface area contributed by atoms with Gasteiger partial charge in [0.05, 0.1) is 0 Å². The molecule has 0 aliphatic heterocycles. The lowest BCUT2D eigenvalue weighted by Crippen LogP contribution is -1.85. The Kier molecular flexibility index (Phi) is 3.38. The van der Waals surface area contributed by atoms with Crippen molar-refractivity contribution in [1.82, 2.24) is 0 Å². The minimum absolute atomic E-state index is 1.48. The first-order chi connectivity index (χ1) is 3.27. The third kappa shape index (κ3) is 5.47. The van der Waals surface area contributed by atoms with Crippen molar-refractivity contribution in [2.45, 2.75) is 6.92 Å². The number of hydrogen-bond acceptors (Lipinski definition) is 3. The molecule has 0 radical (unpaired) electrons. The highest BCUT2D eigenvalue weighted by Gasteiger charge is 1.66. The Labute approximate surface area is 44.2 Å².